The lowest BCUT2D eigenvalue weighted by Gasteiger charge is -2.41. The van der Waals surface area contributed by atoms with E-state index in [1.54, 1.807) is 6.92 Å². The molecule has 1 fully saturated rings. The molecule has 0 spiro atoms. The van der Waals surface area contributed by atoms with Crippen molar-refractivity contribution in [3.63, 3.8) is 0 Å². The Morgan fingerprint density at radius 3 is 2.87 bits per heavy atom. The molecule has 4 atom stereocenters. The van der Waals surface area contributed by atoms with E-state index in [-0.39, 0.29) is 24.4 Å². The molecule has 7 heteroatoms. The quantitative estimate of drug-likeness (QED) is 0.813. The lowest BCUT2D eigenvalue weighted by atomic mass is 9.66. The summed E-state index contributed by atoms with van der Waals surface area (Å²) < 4.78 is 33.4. The molecule has 122 valence electrons. The number of alkyl halides is 1. The van der Waals surface area contributed by atoms with Gasteiger partial charge in [0.1, 0.15) is 29.3 Å². The molecular formula is C16H18F2N4O. The molecule has 2 heterocycles. The largest absolute Gasteiger partial charge is 0.399 e. The van der Waals surface area contributed by atoms with Crippen LogP contribution in [0.5, 0.6) is 0 Å². The van der Waals surface area contributed by atoms with Crippen LogP contribution in [0.3, 0.4) is 0 Å². The van der Waals surface area contributed by atoms with Gasteiger partial charge < -0.3 is 16.2 Å². The van der Waals surface area contributed by atoms with E-state index in [9.17, 15) is 14.0 Å². The van der Waals surface area contributed by atoms with Gasteiger partial charge in [-0.2, -0.15) is 5.26 Å². The second-order valence-electron chi connectivity index (χ2n) is 6.42. The number of fused-ring (bicyclic) bond motifs is 1. The SMILES string of the molecule is C[C@]1(C#N)C[C@@H]2[C@@H](CF)OC[C@]2(c2cc(N)ccc2F)N=C1N. The van der Waals surface area contributed by atoms with Crippen molar-refractivity contribution in [3.8, 4) is 6.07 Å². The number of halogens is 2. The molecule has 1 aromatic carbocycles. The third-order valence-electron chi connectivity index (χ3n) is 4.95. The van der Waals surface area contributed by atoms with Gasteiger partial charge in [-0.1, -0.05) is 0 Å². The molecule has 2 aliphatic rings. The standard InChI is InChI=1S/C16H18F2N4O/c1-15(7-19)5-11-13(6-17)23-8-16(11,22-14(15)21)10-4-9(20)2-3-12(10)18/h2-4,11,13H,5-6,8,20H2,1H3,(H2,21,22)/t11-,13-,15-,16-/m1/s1. The van der Waals surface area contributed by atoms with Crippen LogP contribution in [0.15, 0.2) is 23.2 Å². The third-order valence-corrected chi connectivity index (χ3v) is 4.95. The van der Waals surface area contributed by atoms with Crippen molar-refractivity contribution in [2.24, 2.45) is 22.1 Å². The molecule has 5 nitrogen and oxygen atoms in total. The monoisotopic (exact) mass is 320 g/mol. The summed E-state index contributed by atoms with van der Waals surface area (Å²) in [6.45, 7) is 0.932. The minimum Gasteiger partial charge on any atom is -0.399 e. The molecule has 0 bridgehead atoms. The number of nitrogens with zero attached hydrogens (tertiary/aromatic N) is 2. The van der Waals surface area contributed by atoms with Gasteiger partial charge in [0.25, 0.3) is 0 Å². The first kappa shape index (κ1) is 15.7. The minimum atomic E-state index is -1.14. The highest BCUT2D eigenvalue weighted by atomic mass is 19.1. The summed E-state index contributed by atoms with van der Waals surface area (Å²) in [6, 6.07) is 6.31. The predicted molar refractivity (Wildman–Crippen MR) is 81.7 cm³/mol. The lowest BCUT2D eigenvalue weighted by Crippen LogP contribution is -2.50. The summed E-state index contributed by atoms with van der Waals surface area (Å²) in [6.07, 6.45) is -0.498. The highest BCUT2D eigenvalue weighted by Crippen LogP contribution is 2.52. The van der Waals surface area contributed by atoms with Crippen molar-refractivity contribution in [1.82, 2.24) is 0 Å². The topological polar surface area (TPSA) is 97.4 Å². The van der Waals surface area contributed by atoms with E-state index >= 15 is 0 Å². The van der Waals surface area contributed by atoms with Gasteiger partial charge >= 0.3 is 0 Å². The van der Waals surface area contributed by atoms with Crippen molar-refractivity contribution in [3.05, 3.63) is 29.6 Å². The van der Waals surface area contributed by atoms with Gasteiger partial charge in [-0.15, -0.1) is 0 Å². The van der Waals surface area contributed by atoms with Gasteiger partial charge in [0.15, 0.2) is 0 Å². The molecule has 2 aliphatic heterocycles. The van der Waals surface area contributed by atoms with E-state index in [2.05, 4.69) is 11.1 Å². The first-order chi connectivity index (χ1) is 10.9. The van der Waals surface area contributed by atoms with Gasteiger partial charge in [-0.25, -0.2) is 8.78 Å². The van der Waals surface area contributed by atoms with Crippen LogP contribution >= 0.6 is 0 Å². The summed E-state index contributed by atoms with van der Waals surface area (Å²) in [5.41, 5.74) is 10.2. The highest BCUT2D eigenvalue weighted by molar-refractivity contribution is 5.90. The van der Waals surface area contributed by atoms with Gasteiger partial charge in [-0.3, -0.25) is 4.99 Å². The fourth-order valence-corrected chi connectivity index (χ4v) is 3.53. The molecule has 23 heavy (non-hydrogen) atoms. The number of ether oxygens (including phenoxy) is 1. The van der Waals surface area contributed by atoms with Gasteiger partial charge in [0.05, 0.1) is 18.8 Å². The molecule has 0 unspecified atom stereocenters. The lowest BCUT2D eigenvalue weighted by molar-refractivity contribution is 0.0632. The van der Waals surface area contributed by atoms with Gasteiger partial charge in [0, 0.05) is 17.2 Å². The van der Waals surface area contributed by atoms with Crippen LogP contribution in [0, 0.1) is 28.5 Å². The summed E-state index contributed by atoms with van der Waals surface area (Å²) in [4.78, 5) is 4.45. The number of nitrogen functional groups attached to an aromatic ring is 1. The summed E-state index contributed by atoms with van der Waals surface area (Å²) in [7, 11) is 0. The van der Waals surface area contributed by atoms with Gasteiger partial charge in [0.2, 0.25) is 0 Å². The minimum absolute atomic E-state index is 0.00877. The van der Waals surface area contributed by atoms with Crippen LogP contribution in [-0.4, -0.2) is 25.2 Å². The summed E-state index contributed by atoms with van der Waals surface area (Å²) in [5.74, 6) is -0.869. The Morgan fingerprint density at radius 1 is 1.48 bits per heavy atom. The Hall–Kier alpha value is -2.20. The van der Waals surface area contributed by atoms with E-state index < -0.39 is 35.5 Å². The van der Waals surface area contributed by atoms with Gasteiger partial charge in [-0.05, 0) is 31.5 Å². The number of nitrogens with two attached hydrogens (primary N) is 2. The number of hydrogen-bond donors (Lipinski definition) is 2. The fourth-order valence-electron chi connectivity index (χ4n) is 3.53. The number of aliphatic imine (C=N–C) groups is 1. The molecule has 4 N–H and O–H groups in total. The average Bonchev–Trinajstić information content (AvgIpc) is 2.88. The van der Waals surface area contributed by atoms with Crippen molar-refractivity contribution >= 4 is 11.5 Å². The Kier molecular flexibility index (Phi) is 3.52. The molecule has 0 saturated carbocycles. The molecule has 0 amide bonds. The zero-order valence-electron chi connectivity index (χ0n) is 12.7. The van der Waals surface area contributed by atoms with Crippen molar-refractivity contribution in [1.29, 1.82) is 5.26 Å². The van der Waals surface area contributed by atoms with Crippen LogP contribution < -0.4 is 11.5 Å². The normalized spacial score (nSPS) is 36.2. The van der Waals surface area contributed by atoms with E-state index in [1.165, 1.54) is 18.2 Å². The maximum Gasteiger partial charge on any atom is 0.129 e. The Morgan fingerprint density at radius 2 is 2.22 bits per heavy atom. The van der Waals surface area contributed by atoms with E-state index in [0.717, 1.165) is 0 Å². The third kappa shape index (κ3) is 2.17. The fraction of sp³-hybridized carbons (Fsp3) is 0.500. The zero-order chi connectivity index (χ0) is 16.8. The first-order valence-electron chi connectivity index (χ1n) is 7.36. The molecule has 0 aromatic heterocycles. The molecular weight excluding hydrogens is 302 g/mol. The Bertz CT molecular complexity index is 717. The maximum atomic E-state index is 14.4. The van der Waals surface area contributed by atoms with Crippen LogP contribution in [0.4, 0.5) is 14.5 Å². The zero-order valence-corrected chi connectivity index (χ0v) is 12.7. The van der Waals surface area contributed by atoms with Crippen LogP contribution in [0.1, 0.15) is 18.9 Å². The highest BCUT2D eigenvalue weighted by Gasteiger charge is 2.58. The number of amidine groups is 1. The van der Waals surface area contributed by atoms with E-state index in [4.69, 9.17) is 16.2 Å². The van der Waals surface area contributed by atoms with E-state index in [0.29, 0.717) is 5.69 Å². The number of anilines is 1. The van der Waals surface area contributed by atoms with Crippen molar-refractivity contribution < 1.29 is 13.5 Å². The molecule has 0 radical (unpaired) electrons. The number of rotatable bonds is 2. The second-order valence-corrected chi connectivity index (χ2v) is 6.42. The molecule has 0 aliphatic carbocycles. The van der Waals surface area contributed by atoms with Crippen LogP contribution in [0.2, 0.25) is 0 Å². The predicted octanol–water partition coefficient (Wildman–Crippen LogP) is 1.88. The van der Waals surface area contributed by atoms with Crippen molar-refractivity contribution in [2.75, 3.05) is 19.0 Å². The maximum absolute atomic E-state index is 14.4. The Labute approximate surface area is 132 Å². The smallest absolute Gasteiger partial charge is 0.129 e. The van der Waals surface area contributed by atoms with Crippen LogP contribution in [0.25, 0.3) is 0 Å². The summed E-state index contributed by atoms with van der Waals surface area (Å²) >= 11 is 0. The average molecular weight is 320 g/mol. The second kappa shape index (κ2) is 5.17. The summed E-state index contributed by atoms with van der Waals surface area (Å²) in [5, 5.41) is 9.41. The first-order valence-corrected chi connectivity index (χ1v) is 7.36. The number of benzene rings is 1. The molecule has 1 aromatic rings. The van der Waals surface area contributed by atoms with Crippen LogP contribution in [-0.2, 0) is 10.3 Å². The van der Waals surface area contributed by atoms with E-state index in [1.807, 2.05) is 0 Å². The molecule has 1 saturated heterocycles. The van der Waals surface area contributed by atoms with Crippen molar-refractivity contribution in [2.45, 2.75) is 25.0 Å². The molecule has 3 rings (SSSR count). The Balaban J connectivity index is 2.22. The number of nitriles is 1. The number of hydrogen-bond acceptors (Lipinski definition) is 5.